The summed E-state index contributed by atoms with van der Waals surface area (Å²) in [7, 11) is -18.6. The van der Waals surface area contributed by atoms with E-state index in [4.69, 9.17) is 0 Å². The monoisotopic (exact) mass is 1130 g/mol. The molecule has 2 saturated heterocycles. The second-order valence-corrected chi connectivity index (χ2v) is 26.3. The quantitative estimate of drug-likeness (QED) is 0.125. The molecular weight excluding hydrogens is 1090 g/mol. The van der Waals surface area contributed by atoms with Crippen molar-refractivity contribution in [3.05, 3.63) is 184 Å². The largest absolute Gasteiger partial charge is 0.506 e. The number of sulfonamides is 2. The van der Waals surface area contributed by atoms with Gasteiger partial charge in [-0.2, -0.15) is 38.6 Å². The highest BCUT2D eigenvalue weighted by Crippen LogP contribution is 2.41. The van der Waals surface area contributed by atoms with E-state index in [0.29, 0.717) is 55.8 Å². The molecule has 2 unspecified atom stereocenters. The molecule has 4 heterocycles. The van der Waals surface area contributed by atoms with Crippen LogP contribution in [0.1, 0.15) is 57.3 Å². The average Bonchev–Trinajstić information content (AvgIpc) is 3.88. The van der Waals surface area contributed by atoms with Gasteiger partial charge in [-0.25, -0.2) is 25.4 Å². The van der Waals surface area contributed by atoms with E-state index in [-0.39, 0.29) is 58.2 Å². The molecule has 0 radical (unpaired) electrons. The minimum Gasteiger partial charge on any atom is -0.506 e. The van der Waals surface area contributed by atoms with Gasteiger partial charge in [0.25, 0.3) is 11.8 Å². The Morgan fingerprint density at radius 1 is 0.519 bits per heavy atom. The lowest BCUT2D eigenvalue weighted by molar-refractivity contribution is -0.140. The fourth-order valence-corrected chi connectivity index (χ4v) is 17.2. The highest BCUT2D eigenvalue weighted by molar-refractivity contribution is 7.94. The molecule has 25 heteroatoms. The number of aromatic hydroxyl groups is 2. The molecule has 0 spiro atoms. The third kappa shape index (κ3) is 10.2. The van der Waals surface area contributed by atoms with Gasteiger partial charge in [-0.05, 0) is 126 Å². The number of hydrazine groups is 1. The molecule has 404 valence electrons. The van der Waals surface area contributed by atoms with Crippen LogP contribution in [0.5, 0.6) is 11.5 Å². The van der Waals surface area contributed by atoms with Crippen molar-refractivity contribution in [1.29, 1.82) is 0 Å². The first-order valence-electron chi connectivity index (χ1n) is 24.1. The molecule has 6 aromatic carbocycles. The number of phenolic OH excluding ortho intramolecular Hbond substituents is 2. The Morgan fingerprint density at radius 3 is 1.40 bits per heavy atom. The fourth-order valence-electron chi connectivity index (χ4n) is 10.4. The Balaban J connectivity index is 0.826. The van der Waals surface area contributed by atoms with E-state index in [1.54, 1.807) is 48.5 Å². The summed E-state index contributed by atoms with van der Waals surface area (Å²) in [5.74, 6) is -4.21. The summed E-state index contributed by atoms with van der Waals surface area (Å²) in [6, 6.07) is 33.2. The van der Waals surface area contributed by atoms with E-state index in [9.17, 15) is 66.6 Å². The van der Waals surface area contributed by atoms with E-state index in [0.717, 1.165) is 34.9 Å². The molecule has 2 amide bonds. The van der Waals surface area contributed by atoms with E-state index >= 15 is 0 Å². The van der Waals surface area contributed by atoms with Gasteiger partial charge in [0, 0.05) is 25.2 Å². The van der Waals surface area contributed by atoms with Crippen LogP contribution in [0.15, 0.2) is 144 Å². The minimum absolute atomic E-state index is 0.0736. The van der Waals surface area contributed by atoms with E-state index in [1.807, 2.05) is 30.3 Å². The zero-order chi connectivity index (χ0) is 54.8. The van der Waals surface area contributed by atoms with Gasteiger partial charge in [0.05, 0.1) is 27.6 Å². The third-order valence-electron chi connectivity index (χ3n) is 14.2. The van der Waals surface area contributed by atoms with Gasteiger partial charge in [-0.15, -0.1) is 8.83 Å². The Bertz CT molecular complexity index is 3780. The summed E-state index contributed by atoms with van der Waals surface area (Å²) in [5, 5.41) is 22.5. The molecule has 2 fully saturated rings. The summed E-state index contributed by atoms with van der Waals surface area (Å²) in [6.45, 7) is -1.96. The second kappa shape index (κ2) is 20.1. The summed E-state index contributed by atoms with van der Waals surface area (Å²) in [4.78, 5) is 26.8. The molecule has 2 N–H and O–H groups in total. The highest BCUT2D eigenvalue weighted by atomic mass is 32.2. The molecule has 4 aliphatic heterocycles. The number of phenols is 2. The zero-order valence-corrected chi connectivity index (χ0v) is 43.9. The van der Waals surface area contributed by atoms with Crippen molar-refractivity contribution >= 4 is 63.7 Å². The highest BCUT2D eigenvalue weighted by Gasteiger charge is 2.57. The van der Waals surface area contributed by atoms with Gasteiger partial charge in [-0.3, -0.25) is 9.59 Å². The van der Waals surface area contributed by atoms with Crippen LogP contribution < -0.4 is 8.61 Å². The maximum atomic E-state index is 14.1. The van der Waals surface area contributed by atoms with Gasteiger partial charge in [0.15, 0.2) is 0 Å². The maximum absolute atomic E-state index is 14.1. The van der Waals surface area contributed by atoms with Crippen LogP contribution in [0.2, 0.25) is 0 Å². The maximum Gasteiger partial charge on any atom is 0.416 e. The molecule has 10 rings (SSSR count). The predicted molar refractivity (Wildman–Crippen MR) is 276 cm³/mol. The Morgan fingerprint density at radius 2 is 0.948 bits per heavy atom. The number of benzene rings is 6. The molecule has 0 aromatic heterocycles. The van der Waals surface area contributed by atoms with E-state index in [2.05, 4.69) is 0 Å². The molecule has 77 heavy (non-hydrogen) atoms. The van der Waals surface area contributed by atoms with Gasteiger partial charge in [0.2, 0.25) is 20.0 Å². The Kier molecular flexibility index (Phi) is 13.9. The first kappa shape index (κ1) is 53.4. The van der Waals surface area contributed by atoms with Crippen molar-refractivity contribution in [2.24, 2.45) is 0 Å². The lowest BCUT2D eigenvalue weighted by Crippen LogP contribution is -2.51. The van der Waals surface area contributed by atoms with Gasteiger partial charge < -0.3 is 10.2 Å². The van der Waals surface area contributed by atoms with Crippen molar-refractivity contribution in [1.82, 2.24) is 17.4 Å². The van der Waals surface area contributed by atoms with Crippen LogP contribution in [-0.4, -0.2) is 98.3 Å². The number of amides is 2. The molecular formula is C52H49F3N6O12S4. The number of alkyl halides is 3. The molecule has 0 bridgehead atoms. The number of fused-ring (bicyclic) bond motifs is 2. The standard InChI is InChI=1S/C52H49F3N6O12S4/c53-52(54,55)42-18-22-45(23-19-42)75(68,69)57-31-41-13-7-5-11-39(41)29-44(57)21-15-36-17-25-47(49(63)27-36)59-33-51(65)61(77(59,72)73)60-50(64)32-58(76(60,70)71)46-24-16-35(26-48(46)62)14-20-43-28-38-10-4-6-12-40(38)30-56(43)74(66,67)34-37-8-2-1-3-9-37/h1-13,16-19,22-27,43-44,62-63H,14-15,20-21,28-34H2. The first-order chi connectivity index (χ1) is 36.4. The van der Waals surface area contributed by atoms with Crippen LogP contribution in [-0.2, 0) is 101 Å². The zero-order valence-electron chi connectivity index (χ0n) is 40.6. The number of carbonyl (C=O) groups is 2. The van der Waals surface area contributed by atoms with Crippen LogP contribution in [0.25, 0.3) is 0 Å². The Hall–Kier alpha value is -7.03. The SMILES string of the molecule is O=C1CN(c2ccc(CCC3Cc4ccccc4CN3S(=O)(=O)Cc3ccccc3)cc2O)S(=O)(=O)N1N1C(=O)CN(c2ccc(CCC3Cc4ccccc4CN3S(=O)(=O)c3ccc(C(F)(F)F)cc3)cc2O)S1(=O)=O. The number of carbonyl (C=O) groups excluding carboxylic acids is 2. The molecule has 0 saturated carbocycles. The number of nitrogens with zero attached hydrogens (tertiary/aromatic N) is 6. The normalized spacial score (nSPS) is 19.9. The number of hydrogen-bond acceptors (Lipinski definition) is 12. The van der Waals surface area contributed by atoms with Crippen LogP contribution in [0.3, 0.4) is 0 Å². The molecule has 0 aliphatic carbocycles. The second-order valence-electron chi connectivity index (χ2n) is 19.1. The molecule has 2 atom stereocenters. The lowest BCUT2D eigenvalue weighted by atomic mass is 9.92. The summed E-state index contributed by atoms with van der Waals surface area (Å²) >= 11 is 0. The predicted octanol–water partition coefficient (Wildman–Crippen LogP) is 6.16. The van der Waals surface area contributed by atoms with Gasteiger partial charge >= 0.3 is 26.6 Å². The minimum atomic E-state index is -5.25. The first-order valence-corrected chi connectivity index (χ1v) is 30.0. The third-order valence-corrected chi connectivity index (χ3v) is 21.5. The van der Waals surface area contributed by atoms with Crippen molar-refractivity contribution in [2.45, 2.75) is 80.5 Å². The molecule has 18 nitrogen and oxygen atoms in total. The summed E-state index contributed by atoms with van der Waals surface area (Å²) in [6.07, 6.45) is -3.21. The van der Waals surface area contributed by atoms with Crippen molar-refractivity contribution in [3.63, 3.8) is 0 Å². The summed E-state index contributed by atoms with van der Waals surface area (Å²) in [5.41, 5.74) is 3.09. The van der Waals surface area contributed by atoms with E-state index in [1.165, 1.54) is 38.9 Å². The average molecular weight is 1140 g/mol. The van der Waals surface area contributed by atoms with E-state index < -0.39 is 112 Å². The van der Waals surface area contributed by atoms with Gasteiger partial charge in [0.1, 0.15) is 24.6 Å². The fraction of sp³-hybridized carbons (Fsp3) is 0.269. The number of rotatable bonds is 14. The summed E-state index contributed by atoms with van der Waals surface area (Å²) < 4.78 is 155. The van der Waals surface area contributed by atoms with Crippen LogP contribution in [0, 0.1) is 0 Å². The number of anilines is 2. The van der Waals surface area contributed by atoms with Crippen molar-refractivity contribution < 1.29 is 66.6 Å². The lowest BCUT2D eigenvalue weighted by Gasteiger charge is -2.36. The Labute approximate surface area is 443 Å². The van der Waals surface area contributed by atoms with Gasteiger partial charge in [-0.1, -0.05) is 91.0 Å². The van der Waals surface area contributed by atoms with Crippen LogP contribution in [0.4, 0.5) is 24.5 Å². The number of aryl methyl sites for hydroxylation is 2. The van der Waals surface area contributed by atoms with Crippen molar-refractivity contribution in [3.8, 4) is 11.5 Å². The smallest absolute Gasteiger partial charge is 0.416 e. The van der Waals surface area contributed by atoms with Crippen LogP contribution >= 0.6 is 0 Å². The topological polar surface area (TPSA) is 231 Å². The molecule has 6 aromatic rings. The number of hydrogen-bond donors (Lipinski definition) is 2. The molecule has 4 aliphatic rings. The number of halogens is 3. The van der Waals surface area contributed by atoms with Crippen molar-refractivity contribution in [2.75, 3.05) is 21.7 Å².